The van der Waals surface area contributed by atoms with Crippen molar-refractivity contribution in [2.75, 3.05) is 10.7 Å². The number of hydrogen-bond acceptors (Lipinski definition) is 3. The smallest absolute Gasteiger partial charge is 0.279 e. The SMILES string of the molecule is O=C(N(c1ccc(I)cc1)C1C=CS(=O)(=O)C1)C(Cl)(Cl)Cl. The Labute approximate surface area is 151 Å². The first-order valence-corrected chi connectivity index (χ1v) is 9.60. The second-order valence-corrected chi connectivity index (χ2v) is 9.83. The fourth-order valence-corrected chi connectivity index (χ4v) is 3.82. The molecule has 9 heteroatoms. The van der Waals surface area contributed by atoms with E-state index in [9.17, 15) is 13.2 Å². The number of nitrogens with zero attached hydrogens (tertiary/aromatic N) is 1. The number of rotatable bonds is 2. The summed E-state index contributed by atoms with van der Waals surface area (Å²) < 4.78 is 22.0. The molecule has 4 nitrogen and oxygen atoms in total. The van der Waals surface area contributed by atoms with Crippen LogP contribution >= 0.6 is 57.4 Å². The lowest BCUT2D eigenvalue weighted by molar-refractivity contribution is -0.118. The number of sulfone groups is 1. The molecule has 0 saturated heterocycles. The Hall–Kier alpha value is -0.0200. The number of anilines is 1. The number of benzene rings is 1. The highest BCUT2D eigenvalue weighted by Crippen LogP contribution is 2.33. The number of halogens is 4. The van der Waals surface area contributed by atoms with Crippen LogP contribution in [0.1, 0.15) is 0 Å². The summed E-state index contributed by atoms with van der Waals surface area (Å²) in [6.07, 6.45) is 1.42. The third-order valence-corrected chi connectivity index (χ3v) is 5.39. The van der Waals surface area contributed by atoms with Gasteiger partial charge in [-0.2, -0.15) is 0 Å². The van der Waals surface area contributed by atoms with Crippen LogP contribution in [0.5, 0.6) is 0 Å². The van der Waals surface area contributed by atoms with Gasteiger partial charge in [0.15, 0.2) is 9.84 Å². The van der Waals surface area contributed by atoms with Gasteiger partial charge in [-0.1, -0.05) is 34.8 Å². The summed E-state index contributed by atoms with van der Waals surface area (Å²) >= 11 is 19.1. The lowest BCUT2D eigenvalue weighted by atomic mass is 10.2. The summed E-state index contributed by atoms with van der Waals surface area (Å²) in [5, 5.41) is 1.07. The van der Waals surface area contributed by atoms with E-state index in [0.717, 1.165) is 8.98 Å². The van der Waals surface area contributed by atoms with Gasteiger partial charge in [-0.15, -0.1) is 0 Å². The topological polar surface area (TPSA) is 54.5 Å². The first-order chi connectivity index (χ1) is 9.60. The lowest BCUT2D eigenvalue weighted by Gasteiger charge is -2.30. The van der Waals surface area contributed by atoms with Gasteiger partial charge in [-0.05, 0) is 52.9 Å². The number of carbonyl (C=O) groups excluding carboxylic acids is 1. The molecule has 1 atom stereocenters. The zero-order valence-corrected chi connectivity index (χ0v) is 15.6. The Kier molecular flexibility index (Phi) is 5.15. The summed E-state index contributed by atoms with van der Waals surface area (Å²) in [4.78, 5) is 13.5. The van der Waals surface area contributed by atoms with Crippen molar-refractivity contribution in [2.45, 2.75) is 9.83 Å². The maximum atomic E-state index is 12.3. The van der Waals surface area contributed by atoms with E-state index >= 15 is 0 Å². The van der Waals surface area contributed by atoms with Crippen LogP contribution in [-0.4, -0.2) is 29.9 Å². The van der Waals surface area contributed by atoms with Gasteiger partial charge in [0, 0.05) is 14.7 Å². The highest BCUT2D eigenvalue weighted by Gasteiger charge is 2.41. The van der Waals surface area contributed by atoms with E-state index in [-0.39, 0.29) is 5.75 Å². The predicted molar refractivity (Wildman–Crippen MR) is 93.6 cm³/mol. The largest absolute Gasteiger partial charge is 0.301 e. The van der Waals surface area contributed by atoms with Crippen LogP contribution in [0.2, 0.25) is 0 Å². The van der Waals surface area contributed by atoms with Crippen molar-refractivity contribution >= 4 is 78.8 Å². The molecule has 1 aromatic carbocycles. The van der Waals surface area contributed by atoms with Crippen molar-refractivity contribution in [3.05, 3.63) is 39.3 Å². The van der Waals surface area contributed by atoms with Crippen LogP contribution in [0, 0.1) is 3.57 Å². The summed E-state index contributed by atoms with van der Waals surface area (Å²) in [5.41, 5.74) is 0.471. The zero-order valence-electron chi connectivity index (χ0n) is 10.3. The molecule has 1 aliphatic rings. The van der Waals surface area contributed by atoms with Crippen molar-refractivity contribution in [1.29, 1.82) is 0 Å². The molecule has 0 N–H and O–H groups in total. The number of carbonyl (C=O) groups is 1. The quantitative estimate of drug-likeness (QED) is 0.482. The maximum absolute atomic E-state index is 12.3. The predicted octanol–water partition coefficient (Wildman–Crippen LogP) is 3.31. The van der Waals surface area contributed by atoms with Crippen LogP contribution in [0.3, 0.4) is 0 Å². The Bertz CT molecular complexity index is 683. The molecule has 0 spiro atoms. The molecule has 1 unspecified atom stereocenters. The lowest BCUT2D eigenvalue weighted by Crippen LogP contribution is -2.46. The van der Waals surface area contributed by atoms with Gasteiger partial charge >= 0.3 is 0 Å². The molecule has 1 aromatic rings. The molecule has 2 rings (SSSR count). The normalized spacial score (nSPS) is 20.5. The Balaban J connectivity index is 2.43. The fourth-order valence-electron chi connectivity index (χ4n) is 1.92. The molecule has 1 aliphatic heterocycles. The highest BCUT2D eigenvalue weighted by molar-refractivity contribution is 14.1. The highest BCUT2D eigenvalue weighted by atomic mass is 127. The molecule has 0 saturated carbocycles. The van der Waals surface area contributed by atoms with Gasteiger partial charge in [-0.25, -0.2) is 8.42 Å². The van der Waals surface area contributed by atoms with Crippen LogP contribution in [0.4, 0.5) is 5.69 Å². The number of hydrogen-bond donors (Lipinski definition) is 0. The molecule has 0 aliphatic carbocycles. The molecular formula is C12H9Cl3INO3S. The molecule has 0 bridgehead atoms. The minimum absolute atomic E-state index is 0.231. The number of amides is 1. The maximum Gasteiger partial charge on any atom is 0.279 e. The monoisotopic (exact) mass is 479 g/mol. The van der Waals surface area contributed by atoms with E-state index < -0.39 is 25.6 Å². The van der Waals surface area contributed by atoms with E-state index in [0.29, 0.717) is 5.69 Å². The zero-order chi connectivity index (χ0) is 15.8. The first-order valence-electron chi connectivity index (χ1n) is 5.67. The minimum Gasteiger partial charge on any atom is -0.301 e. The van der Waals surface area contributed by atoms with Crippen LogP contribution < -0.4 is 4.90 Å². The van der Waals surface area contributed by atoms with Gasteiger partial charge < -0.3 is 4.90 Å². The van der Waals surface area contributed by atoms with Gasteiger partial charge in [0.25, 0.3) is 9.70 Å². The van der Waals surface area contributed by atoms with Crippen molar-refractivity contribution in [3.63, 3.8) is 0 Å². The van der Waals surface area contributed by atoms with Crippen molar-refractivity contribution in [1.82, 2.24) is 0 Å². The van der Waals surface area contributed by atoms with Crippen LogP contribution in [0.15, 0.2) is 35.7 Å². The van der Waals surface area contributed by atoms with Crippen LogP contribution in [-0.2, 0) is 14.6 Å². The van der Waals surface area contributed by atoms with Crippen molar-refractivity contribution < 1.29 is 13.2 Å². The molecule has 0 fully saturated rings. The minimum atomic E-state index is -3.34. The summed E-state index contributed by atoms with van der Waals surface area (Å²) in [6, 6.07) is 6.21. The van der Waals surface area contributed by atoms with E-state index in [4.69, 9.17) is 34.8 Å². The molecule has 1 heterocycles. The molecule has 114 valence electrons. The molecule has 0 radical (unpaired) electrons. The van der Waals surface area contributed by atoms with Crippen LogP contribution in [0.25, 0.3) is 0 Å². The summed E-state index contributed by atoms with van der Waals surface area (Å²) in [6.45, 7) is 0. The van der Waals surface area contributed by atoms with E-state index in [1.165, 1.54) is 11.0 Å². The summed E-state index contributed by atoms with van der Waals surface area (Å²) in [7, 11) is -3.34. The second kappa shape index (κ2) is 6.23. The third kappa shape index (κ3) is 4.25. The Morgan fingerprint density at radius 1 is 1.24 bits per heavy atom. The number of alkyl halides is 3. The average Bonchev–Trinajstić information content (AvgIpc) is 2.71. The Morgan fingerprint density at radius 3 is 2.24 bits per heavy atom. The van der Waals surface area contributed by atoms with Gasteiger partial charge in [-0.3, -0.25) is 4.79 Å². The van der Waals surface area contributed by atoms with Crippen molar-refractivity contribution in [3.8, 4) is 0 Å². The van der Waals surface area contributed by atoms with E-state index in [1.54, 1.807) is 24.3 Å². The van der Waals surface area contributed by atoms with Crippen molar-refractivity contribution in [2.24, 2.45) is 0 Å². The molecule has 21 heavy (non-hydrogen) atoms. The molecule has 0 aromatic heterocycles. The van der Waals surface area contributed by atoms with Gasteiger partial charge in [0.05, 0.1) is 11.8 Å². The third-order valence-electron chi connectivity index (χ3n) is 2.81. The van der Waals surface area contributed by atoms with E-state index in [2.05, 4.69) is 22.6 Å². The van der Waals surface area contributed by atoms with Gasteiger partial charge in [0.1, 0.15) is 0 Å². The average molecular weight is 481 g/mol. The van der Waals surface area contributed by atoms with E-state index in [1.807, 2.05) is 0 Å². The Morgan fingerprint density at radius 2 is 1.81 bits per heavy atom. The standard InChI is InChI=1S/C12H9Cl3INO3S/c13-12(14,15)11(18)17(9-3-1-8(16)2-4-9)10-5-6-21(19,20)7-10/h1-6,10H,7H2. The molecular weight excluding hydrogens is 471 g/mol. The molecule has 1 amide bonds. The summed E-state index contributed by atoms with van der Waals surface area (Å²) in [5.74, 6) is -1.02. The fraction of sp³-hybridized carbons (Fsp3) is 0.250. The second-order valence-electron chi connectivity index (χ2n) is 4.37. The van der Waals surface area contributed by atoms with Gasteiger partial charge in [0.2, 0.25) is 0 Å². The first kappa shape index (κ1) is 17.3.